The molecule has 0 spiro atoms. The molecule has 0 heterocycles. The molecule has 0 amide bonds. The second kappa shape index (κ2) is 71.9. The van der Waals surface area contributed by atoms with Gasteiger partial charge in [0.2, 0.25) is 0 Å². The van der Waals surface area contributed by atoms with Crippen molar-refractivity contribution >= 4 is 0 Å². The van der Waals surface area contributed by atoms with Crippen molar-refractivity contribution in [3.05, 3.63) is 21.3 Å². The maximum absolute atomic E-state index is 3.97. The average Bonchev–Trinajstić information content (AvgIpc) is 2.44. The molecule has 0 bridgehead atoms. The van der Waals surface area contributed by atoms with Crippen LogP contribution in [0.15, 0.2) is 0 Å². The molecule has 0 rings (SSSR count). The summed E-state index contributed by atoms with van der Waals surface area (Å²) in [5.41, 5.74) is 0. The van der Waals surface area contributed by atoms with Crippen molar-refractivity contribution in [1.29, 1.82) is 0 Å². The van der Waals surface area contributed by atoms with Crippen molar-refractivity contribution in [2.45, 2.75) is 55.4 Å². The van der Waals surface area contributed by atoms with E-state index in [1.165, 1.54) is 0 Å². The van der Waals surface area contributed by atoms with Crippen molar-refractivity contribution in [2.24, 2.45) is 0 Å². The SMILES string of the molecule is CC[N-]CC.CC[N-]CC.CC[N-]CC.CC[N-]CC.[Hf].[Hf].[Hf].[Hf]. The van der Waals surface area contributed by atoms with E-state index in [-0.39, 0.29) is 103 Å². The molecule has 0 saturated carbocycles. The molecule has 0 aliphatic heterocycles. The topological polar surface area (TPSA) is 56.4 Å². The van der Waals surface area contributed by atoms with Gasteiger partial charge in [-0.2, -0.15) is 52.4 Å². The first-order valence-corrected chi connectivity index (χ1v) is 8.19. The Morgan fingerprint density at radius 2 is 0.375 bits per heavy atom. The normalized spacial score (nSPS) is 7.00. The number of hydrogen-bond donors (Lipinski definition) is 0. The summed E-state index contributed by atoms with van der Waals surface area (Å²) < 4.78 is 0. The van der Waals surface area contributed by atoms with Gasteiger partial charge in [-0.1, -0.05) is 55.4 Å². The largest absolute Gasteiger partial charge is 0.663 e. The molecule has 24 heavy (non-hydrogen) atoms. The fourth-order valence-electron chi connectivity index (χ4n) is 0.894. The fraction of sp³-hybridized carbons (Fsp3) is 1.00. The summed E-state index contributed by atoms with van der Waals surface area (Å²) in [5.74, 6) is 0. The number of hydrogen-bond acceptors (Lipinski definition) is 0. The van der Waals surface area contributed by atoms with Gasteiger partial charge in [0.05, 0.1) is 0 Å². The first kappa shape index (κ1) is 50.7. The van der Waals surface area contributed by atoms with E-state index in [9.17, 15) is 0 Å². The Morgan fingerprint density at radius 3 is 0.375 bits per heavy atom. The van der Waals surface area contributed by atoms with Crippen LogP contribution in [-0.2, 0) is 103 Å². The molecule has 0 saturated heterocycles. The van der Waals surface area contributed by atoms with E-state index in [0.29, 0.717) is 0 Å². The summed E-state index contributed by atoms with van der Waals surface area (Å²) in [6, 6.07) is 0. The molecule has 0 fully saturated rings. The Balaban J connectivity index is -0.0000000225. The minimum absolute atomic E-state index is 0. The molecule has 0 aliphatic rings. The molecule has 4 nitrogen and oxygen atoms in total. The molecular weight excluding hydrogens is 962 g/mol. The quantitative estimate of drug-likeness (QED) is 0.286. The summed E-state index contributed by atoms with van der Waals surface area (Å²) >= 11 is 0. The van der Waals surface area contributed by atoms with Gasteiger partial charge in [0.25, 0.3) is 0 Å². The Kier molecular flexibility index (Phi) is 152. The first-order valence-electron chi connectivity index (χ1n) is 8.19. The Hall–Kier alpha value is 3.32. The Bertz CT molecular complexity index is 84.1. The van der Waals surface area contributed by atoms with Crippen LogP contribution in [-0.4, -0.2) is 52.4 Å². The van der Waals surface area contributed by atoms with Gasteiger partial charge < -0.3 is 21.3 Å². The molecule has 0 N–H and O–H groups in total. The number of rotatable bonds is 8. The van der Waals surface area contributed by atoms with Crippen LogP contribution in [0.3, 0.4) is 0 Å². The summed E-state index contributed by atoms with van der Waals surface area (Å²) in [4.78, 5) is 0. The van der Waals surface area contributed by atoms with Gasteiger partial charge in [-0.05, 0) is 0 Å². The first-order chi connectivity index (χ1) is 9.66. The molecule has 0 aromatic rings. The third kappa shape index (κ3) is 117. The van der Waals surface area contributed by atoms with E-state index in [0.717, 1.165) is 52.4 Å². The van der Waals surface area contributed by atoms with Crippen molar-refractivity contribution in [3.63, 3.8) is 0 Å². The van der Waals surface area contributed by atoms with E-state index in [1.54, 1.807) is 0 Å². The minimum Gasteiger partial charge on any atom is -0.663 e. The van der Waals surface area contributed by atoms with Gasteiger partial charge in [0, 0.05) is 103 Å². The number of nitrogens with zero attached hydrogens (tertiary/aromatic N) is 4. The van der Waals surface area contributed by atoms with Crippen LogP contribution < -0.4 is 0 Å². The zero-order chi connectivity index (χ0) is 16.5. The maximum atomic E-state index is 3.97. The van der Waals surface area contributed by atoms with Crippen LogP contribution >= 0.6 is 0 Å². The summed E-state index contributed by atoms with van der Waals surface area (Å²) in [6.07, 6.45) is 0. The van der Waals surface area contributed by atoms with Gasteiger partial charge in [-0.15, -0.1) is 0 Å². The summed E-state index contributed by atoms with van der Waals surface area (Å²) in [7, 11) is 0. The van der Waals surface area contributed by atoms with Gasteiger partial charge >= 0.3 is 0 Å². The third-order valence-electron chi connectivity index (χ3n) is 1.79. The van der Waals surface area contributed by atoms with Crippen LogP contribution in [0.4, 0.5) is 0 Å². The Labute approximate surface area is 229 Å². The standard InChI is InChI=1S/4C4H10N.4Hf/c4*1-3-5-4-2;;;;/h4*3-4H2,1-2H3;;;;/q4*-1;;;;. The molecule has 0 unspecified atom stereocenters. The molecule has 8 heteroatoms. The molecule has 0 atom stereocenters. The van der Waals surface area contributed by atoms with E-state index >= 15 is 0 Å². The maximum Gasteiger partial charge on any atom is 0 e. The molecule has 0 radical (unpaired) electrons. The zero-order valence-electron chi connectivity index (χ0n) is 17.4. The Morgan fingerprint density at radius 1 is 0.292 bits per heavy atom. The van der Waals surface area contributed by atoms with Crippen LogP contribution in [0.5, 0.6) is 0 Å². The van der Waals surface area contributed by atoms with E-state index in [2.05, 4.69) is 21.3 Å². The van der Waals surface area contributed by atoms with Crippen LogP contribution in [0.1, 0.15) is 55.4 Å². The smallest absolute Gasteiger partial charge is 0 e. The predicted molar refractivity (Wildman–Crippen MR) is 97.8 cm³/mol. The predicted octanol–water partition coefficient (Wildman–Crippen LogP) is 5.59. The molecule has 0 aliphatic carbocycles. The average molecular weight is 1000 g/mol. The zero-order valence-corrected chi connectivity index (χ0v) is 31.8. The van der Waals surface area contributed by atoms with E-state index in [4.69, 9.17) is 0 Å². The van der Waals surface area contributed by atoms with Crippen molar-refractivity contribution in [3.8, 4) is 0 Å². The second-order valence-electron chi connectivity index (χ2n) is 3.42. The van der Waals surface area contributed by atoms with Crippen LogP contribution in [0.2, 0.25) is 0 Å². The van der Waals surface area contributed by atoms with E-state index < -0.39 is 0 Å². The van der Waals surface area contributed by atoms with Crippen LogP contribution in [0.25, 0.3) is 21.3 Å². The van der Waals surface area contributed by atoms with Crippen molar-refractivity contribution in [1.82, 2.24) is 0 Å². The second-order valence-corrected chi connectivity index (χ2v) is 3.42. The third-order valence-corrected chi connectivity index (χ3v) is 1.79. The minimum atomic E-state index is 0. The summed E-state index contributed by atoms with van der Waals surface area (Å²) in [6.45, 7) is 24.1. The summed E-state index contributed by atoms with van der Waals surface area (Å²) in [5, 5.41) is 15.9. The van der Waals surface area contributed by atoms with Crippen molar-refractivity contribution in [2.75, 3.05) is 52.4 Å². The van der Waals surface area contributed by atoms with Gasteiger partial charge in [0.1, 0.15) is 0 Å². The fourth-order valence-corrected chi connectivity index (χ4v) is 0.894. The van der Waals surface area contributed by atoms with Crippen LogP contribution in [0, 0.1) is 0 Å². The molecule has 0 aromatic carbocycles. The molecule has 0 aromatic heterocycles. The van der Waals surface area contributed by atoms with Crippen molar-refractivity contribution < 1.29 is 103 Å². The van der Waals surface area contributed by atoms with E-state index in [1.807, 2.05) is 55.4 Å². The molecular formula is C16H40Hf4N4-4. The molecule has 144 valence electrons. The van der Waals surface area contributed by atoms with Gasteiger partial charge in [-0.3, -0.25) is 0 Å². The monoisotopic (exact) mass is 1010 g/mol. The van der Waals surface area contributed by atoms with Gasteiger partial charge in [-0.25, -0.2) is 0 Å². The van der Waals surface area contributed by atoms with Gasteiger partial charge in [0.15, 0.2) is 0 Å².